The number of benzene rings is 3. The summed E-state index contributed by atoms with van der Waals surface area (Å²) in [4.78, 5) is 12.6. The molecule has 0 spiro atoms. The predicted octanol–water partition coefficient (Wildman–Crippen LogP) is 3.97. The molecule has 0 aliphatic carbocycles. The molecule has 0 saturated heterocycles. The van der Waals surface area contributed by atoms with Crippen molar-refractivity contribution in [3.63, 3.8) is 0 Å². The SMILES string of the molecule is O=C([O-])N(c1ccc(Cl)cc1)c1ccc2ccccc2c1. The van der Waals surface area contributed by atoms with Gasteiger partial charge in [-0.3, -0.25) is 4.90 Å². The van der Waals surface area contributed by atoms with Gasteiger partial charge in [-0.15, -0.1) is 0 Å². The van der Waals surface area contributed by atoms with Crippen LogP contribution in [0, 0.1) is 0 Å². The van der Waals surface area contributed by atoms with Gasteiger partial charge in [0.1, 0.15) is 6.09 Å². The zero-order valence-electron chi connectivity index (χ0n) is 11.0. The van der Waals surface area contributed by atoms with Gasteiger partial charge >= 0.3 is 0 Å². The van der Waals surface area contributed by atoms with Gasteiger partial charge in [-0.25, -0.2) is 0 Å². The largest absolute Gasteiger partial charge is 0.529 e. The summed E-state index contributed by atoms with van der Waals surface area (Å²) in [5.41, 5.74) is 1.03. The summed E-state index contributed by atoms with van der Waals surface area (Å²) >= 11 is 5.84. The van der Waals surface area contributed by atoms with Crippen LogP contribution in [0.3, 0.4) is 0 Å². The lowest BCUT2D eigenvalue weighted by Crippen LogP contribution is -2.37. The number of anilines is 2. The fraction of sp³-hybridized carbons (Fsp3) is 0. The van der Waals surface area contributed by atoms with Gasteiger partial charge < -0.3 is 9.90 Å². The second kappa shape index (κ2) is 5.46. The molecular weight excluding hydrogens is 286 g/mol. The van der Waals surface area contributed by atoms with Crippen molar-refractivity contribution >= 4 is 39.8 Å². The molecule has 0 N–H and O–H groups in total. The lowest BCUT2D eigenvalue weighted by molar-refractivity contribution is -0.245. The van der Waals surface area contributed by atoms with E-state index in [2.05, 4.69) is 0 Å². The molecule has 0 atom stereocenters. The van der Waals surface area contributed by atoms with Crippen molar-refractivity contribution in [2.45, 2.75) is 0 Å². The molecule has 0 bridgehead atoms. The predicted molar refractivity (Wildman–Crippen MR) is 82.9 cm³/mol. The van der Waals surface area contributed by atoms with Crippen LogP contribution in [0.25, 0.3) is 10.8 Å². The van der Waals surface area contributed by atoms with E-state index in [1.807, 2.05) is 36.4 Å². The minimum atomic E-state index is -1.28. The first-order valence-corrected chi connectivity index (χ1v) is 6.78. The Hall–Kier alpha value is -2.52. The van der Waals surface area contributed by atoms with Crippen molar-refractivity contribution in [1.29, 1.82) is 0 Å². The molecule has 3 aromatic carbocycles. The van der Waals surface area contributed by atoms with Gasteiger partial charge in [0.2, 0.25) is 0 Å². The monoisotopic (exact) mass is 296 g/mol. The van der Waals surface area contributed by atoms with Crippen molar-refractivity contribution in [2.75, 3.05) is 4.90 Å². The Morgan fingerprint density at radius 3 is 2.14 bits per heavy atom. The Morgan fingerprint density at radius 2 is 1.48 bits per heavy atom. The van der Waals surface area contributed by atoms with E-state index in [1.54, 1.807) is 30.3 Å². The van der Waals surface area contributed by atoms with Gasteiger partial charge in [0, 0.05) is 16.4 Å². The summed E-state index contributed by atoms with van der Waals surface area (Å²) in [6.45, 7) is 0. The highest BCUT2D eigenvalue weighted by Crippen LogP contribution is 2.29. The molecule has 3 aromatic rings. The molecule has 0 radical (unpaired) electrons. The van der Waals surface area contributed by atoms with Gasteiger partial charge in [0.25, 0.3) is 0 Å². The molecule has 0 saturated carbocycles. The molecule has 0 heterocycles. The van der Waals surface area contributed by atoms with Crippen LogP contribution >= 0.6 is 11.6 Å². The van der Waals surface area contributed by atoms with E-state index in [0.29, 0.717) is 16.4 Å². The van der Waals surface area contributed by atoms with Crippen molar-refractivity contribution in [2.24, 2.45) is 0 Å². The second-order valence-electron chi connectivity index (χ2n) is 4.61. The topological polar surface area (TPSA) is 43.4 Å². The molecule has 4 heteroatoms. The van der Waals surface area contributed by atoms with Crippen LogP contribution in [0.1, 0.15) is 0 Å². The zero-order chi connectivity index (χ0) is 14.8. The molecule has 0 aromatic heterocycles. The molecule has 0 aliphatic heterocycles. The summed E-state index contributed by atoms with van der Waals surface area (Å²) in [6, 6.07) is 19.8. The molecule has 0 aliphatic rings. The number of halogens is 1. The van der Waals surface area contributed by atoms with Gasteiger partial charge in [-0.1, -0.05) is 41.9 Å². The van der Waals surface area contributed by atoms with Crippen molar-refractivity contribution in [1.82, 2.24) is 0 Å². The van der Waals surface area contributed by atoms with Gasteiger partial charge in [-0.2, -0.15) is 0 Å². The highest BCUT2D eigenvalue weighted by Gasteiger charge is 2.11. The Balaban J connectivity index is 2.11. The quantitative estimate of drug-likeness (QED) is 0.718. The first-order valence-electron chi connectivity index (χ1n) is 6.40. The van der Waals surface area contributed by atoms with Crippen LogP contribution in [0.5, 0.6) is 0 Å². The highest BCUT2D eigenvalue weighted by atomic mass is 35.5. The fourth-order valence-electron chi connectivity index (χ4n) is 2.27. The van der Waals surface area contributed by atoms with Crippen molar-refractivity contribution in [3.05, 3.63) is 71.8 Å². The molecule has 0 unspecified atom stereocenters. The standard InChI is InChI=1S/C17H12ClNO2/c18-14-6-9-15(10-7-14)19(17(20)21)16-8-5-12-3-1-2-4-13(12)11-16/h1-11H,(H,20,21)/p-1. The Bertz CT molecular complexity index is 799. The van der Waals surface area contributed by atoms with E-state index in [0.717, 1.165) is 15.7 Å². The van der Waals surface area contributed by atoms with Gasteiger partial charge in [0.05, 0.1) is 0 Å². The smallest absolute Gasteiger partial charge is 0.146 e. The maximum atomic E-state index is 11.5. The Labute approximate surface area is 127 Å². The molecule has 3 rings (SSSR count). The van der Waals surface area contributed by atoms with Crippen molar-refractivity contribution < 1.29 is 9.90 Å². The van der Waals surface area contributed by atoms with E-state index in [1.165, 1.54) is 0 Å². The minimum absolute atomic E-state index is 0.495. The summed E-state index contributed by atoms with van der Waals surface area (Å²) < 4.78 is 0. The molecule has 104 valence electrons. The lowest BCUT2D eigenvalue weighted by Gasteiger charge is -2.25. The zero-order valence-corrected chi connectivity index (χ0v) is 11.7. The summed E-state index contributed by atoms with van der Waals surface area (Å²) in [6.07, 6.45) is -1.28. The number of hydrogen-bond donors (Lipinski definition) is 0. The van der Waals surface area contributed by atoms with Crippen LogP contribution in [0.2, 0.25) is 5.02 Å². The molecule has 21 heavy (non-hydrogen) atoms. The van der Waals surface area contributed by atoms with Gasteiger partial charge in [-0.05, 0) is 47.2 Å². The molecular formula is C17H11ClNO2-. The summed E-state index contributed by atoms with van der Waals surface area (Å²) in [5, 5.41) is 14.1. The molecule has 3 nitrogen and oxygen atoms in total. The van der Waals surface area contributed by atoms with E-state index >= 15 is 0 Å². The number of carbonyl (C=O) groups excluding carboxylic acids is 1. The lowest BCUT2D eigenvalue weighted by atomic mass is 10.1. The Morgan fingerprint density at radius 1 is 0.857 bits per heavy atom. The van der Waals surface area contributed by atoms with Gasteiger partial charge in [0.15, 0.2) is 0 Å². The van der Waals surface area contributed by atoms with E-state index in [-0.39, 0.29) is 0 Å². The van der Waals surface area contributed by atoms with E-state index < -0.39 is 6.09 Å². The number of nitrogens with zero attached hydrogens (tertiary/aromatic N) is 1. The average Bonchev–Trinajstić information content (AvgIpc) is 2.49. The third kappa shape index (κ3) is 2.69. The molecule has 0 fully saturated rings. The first-order chi connectivity index (χ1) is 10.1. The maximum Gasteiger partial charge on any atom is 0.146 e. The summed E-state index contributed by atoms with van der Waals surface area (Å²) in [7, 11) is 0. The van der Waals surface area contributed by atoms with Crippen LogP contribution in [0.4, 0.5) is 16.2 Å². The normalized spacial score (nSPS) is 10.5. The van der Waals surface area contributed by atoms with Crippen LogP contribution in [-0.4, -0.2) is 6.09 Å². The first kappa shape index (κ1) is 13.5. The van der Waals surface area contributed by atoms with Crippen LogP contribution in [0.15, 0.2) is 66.7 Å². The second-order valence-corrected chi connectivity index (χ2v) is 5.05. The van der Waals surface area contributed by atoms with E-state index in [9.17, 15) is 9.90 Å². The average molecular weight is 297 g/mol. The van der Waals surface area contributed by atoms with Crippen LogP contribution in [-0.2, 0) is 0 Å². The fourth-order valence-corrected chi connectivity index (χ4v) is 2.39. The number of hydrogen-bond acceptors (Lipinski definition) is 2. The maximum absolute atomic E-state index is 11.5. The Kier molecular flexibility index (Phi) is 3.50. The third-order valence-corrected chi connectivity index (χ3v) is 3.51. The highest BCUT2D eigenvalue weighted by molar-refractivity contribution is 6.30. The van der Waals surface area contributed by atoms with Crippen molar-refractivity contribution in [3.8, 4) is 0 Å². The number of carboxylic acid groups (broad SMARTS) is 1. The summed E-state index contributed by atoms with van der Waals surface area (Å²) in [5.74, 6) is 0. The molecule has 1 amide bonds. The van der Waals surface area contributed by atoms with E-state index in [4.69, 9.17) is 11.6 Å². The number of amides is 1. The number of carbonyl (C=O) groups is 1. The number of rotatable bonds is 2. The minimum Gasteiger partial charge on any atom is -0.529 e. The number of fused-ring (bicyclic) bond motifs is 1. The third-order valence-electron chi connectivity index (χ3n) is 3.26. The van der Waals surface area contributed by atoms with Crippen LogP contribution < -0.4 is 10.0 Å².